The first-order chi connectivity index (χ1) is 11.0. The number of ether oxygens (including phenoxy) is 1. The SMILES string of the molecule is CC(NC(=O)Nc1cnn(C(C)C)c1)C1COc2ccccc21. The van der Waals surface area contributed by atoms with Crippen molar-refractivity contribution >= 4 is 11.7 Å². The minimum Gasteiger partial charge on any atom is -0.493 e. The number of anilines is 1. The lowest BCUT2D eigenvalue weighted by molar-refractivity contribution is 0.244. The van der Waals surface area contributed by atoms with E-state index in [0.717, 1.165) is 11.3 Å². The van der Waals surface area contributed by atoms with E-state index in [2.05, 4.69) is 21.8 Å². The van der Waals surface area contributed by atoms with Crippen LogP contribution in [0.3, 0.4) is 0 Å². The molecule has 0 saturated carbocycles. The highest BCUT2D eigenvalue weighted by Crippen LogP contribution is 2.35. The van der Waals surface area contributed by atoms with Gasteiger partial charge in [-0.3, -0.25) is 4.68 Å². The molecule has 0 aliphatic carbocycles. The predicted octanol–water partition coefficient (Wildman–Crippen LogP) is 3.15. The number of hydrogen-bond acceptors (Lipinski definition) is 3. The van der Waals surface area contributed by atoms with E-state index in [1.807, 2.05) is 45.2 Å². The van der Waals surface area contributed by atoms with Gasteiger partial charge in [0.1, 0.15) is 5.75 Å². The van der Waals surface area contributed by atoms with Crippen molar-refractivity contribution in [3.8, 4) is 5.75 Å². The van der Waals surface area contributed by atoms with Gasteiger partial charge in [0.15, 0.2) is 0 Å². The van der Waals surface area contributed by atoms with E-state index in [4.69, 9.17) is 4.74 Å². The van der Waals surface area contributed by atoms with Crippen LogP contribution in [0.2, 0.25) is 0 Å². The Balaban J connectivity index is 1.59. The zero-order chi connectivity index (χ0) is 16.4. The van der Waals surface area contributed by atoms with Crippen LogP contribution in [0.5, 0.6) is 5.75 Å². The molecular weight excluding hydrogens is 292 g/mol. The molecule has 2 amide bonds. The summed E-state index contributed by atoms with van der Waals surface area (Å²) in [4.78, 5) is 12.2. The van der Waals surface area contributed by atoms with E-state index < -0.39 is 0 Å². The number of amides is 2. The van der Waals surface area contributed by atoms with Crippen molar-refractivity contribution in [3.63, 3.8) is 0 Å². The van der Waals surface area contributed by atoms with Crippen LogP contribution < -0.4 is 15.4 Å². The second-order valence-corrected chi connectivity index (χ2v) is 6.15. The first kappa shape index (κ1) is 15.4. The molecule has 1 aromatic heterocycles. The Hall–Kier alpha value is -2.50. The summed E-state index contributed by atoms with van der Waals surface area (Å²) < 4.78 is 7.48. The maximum Gasteiger partial charge on any atom is 0.319 e. The van der Waals surface area contributed by atoms with Crippen molar-refractivity contribution in [3.05, 3.63) is 42.2 Å². The van der Waals surface area contributed by atoms with Gasteiger partial charge in [-0.25, -0.2) is 4.79 Å². The number of nitrogens with zero attached hydrogens (tertiary/aromatic N) is 2. The van der Waals surface area contributed by atoms with Crippen LogP contribution in [0.15, 0.2) is 36.7 Å². The van der Waals surface area contributed by atoms with Gasteiger partial charge in [0.05, 0.1) is 18.5 Å². The molecule has 6 nitrogen and oxygen atoms in total. The number of hydrogen-bond donors (Lipinski definition) is 2. The Morgan fingerprint density at radius 2 is 2.13 bits per heavy atom. The number of para-hydroxylation sites is 1. The summed E-state index contributed by atoms with van der Waals surface area (Å²) >= 11 is 0. The van der Waals surface area contributed by atoms with Gasteiger partial charge in [-0.1, -0.05) is 18.2 Å². The minimum absolute atomic E-state index is 0.0289. The summed E-state index contributed by atoms with van der Waals surface area (Å²) in [5, 5.41) is 10.0. The summed E-state index contributed by atoms with van der Waals surface area (Å²) in [6.45, 7) is 6.66. The summed E-state index contributed by atoms with van der Waals surface area (Å²) in [7, 11) is 0. The van der Waals surface area contributed by atoms with E-state index in [0.29, 0.717) is 12.3 Å². The summed E-state index contributed by atoms with van der Waals surface area (Å²) in [5.41, 5.74) is 1.83. The van der Waals surface area contributed by atoms with Crippen molar-refractivity contribution in [2.45, 2.75) is 38.8 Å². The molecule has 0 fully saturated rings. The number of aromatic nitrogens is 2. The maximum absolute atomic E-state index is 12.2. The predicted molar refractivity (Wildman–Crippen MR) is 88.9 cm³/mol. The van der Waals surface area contributed by atoms with Gasteiger partial charge in [-0.15, -0.1) is 0 Å². The molecule has 2 unspecified atom stereocenters. The molecule has 0 saturated heterocycles. The van der Waals surface area contributed by atoms with E-state index in [1.165, 1.54) is 0 Å². The Morgan fingerprint density at radius 1 is 1.35 bits per heavy atom. The molecule has 0 bridgehead atoms. The van der Waals surface area contributed by atoms with E-state index in [-0.39, 0.29) is 24.0 Å². The van der Waals surface area contributed by atoms with Gasteiger partial charge in [-0.2, -0.15) is 5.10 Å². The van der Waals surface area contributed by atoms with Crippen LogP contribution in [-0.2, 0) is 0 Å². The maximum atomic E-state index is 12.2. The molecule has 1 aliphatic heterocycles. The molecule has 2 N–H and O–H groups in total. The first-order valence-corrected chi connectivity index (χ1v) is 7.88. The number of carbonyl (C=O) groups excluding carboxylic acids is 1. The van der Waals surface area contributed by atoms with Crippen LogP contribution in [0.1, 0.15) is 38.3 Å². The monoisotopic (exact) mass is 314 g/mol. The van der Waals surface area contributed by atoms with Crippen LogP contribution in [-0.4, -0.2) is 28.5 Å². The van der Waals surface area contributed by atoms with Gasteiger partial charge in [0.2, 0.25) is 0 Å². The lowest BCUT2D eigenvalue weighted by Gasteiger charge is -2.20. The molecule has 2 aromatic rings. The fraction of sp³-hybridized carbons (Fsp3) is 0.412. The lowest BCUT2D eigenvalue weighted by Crippen LogP contribution is -2.40. The molecule has 0 spiro atoms. The average Bonchev–Trinajstić information content (AvgIpc) is 3.13. The molecule has 1 aliphatic rings. The zero-order valence-electron chi connectivity index (χ0n) is 13.6. The third-order valence-electron chi connectivity index (χ3n) is 4.09. The second-order valence-electron chi connectivity index (χ2n) is 6.15. The average molecular weight is 314 g/mol. The standard InChI is InChI=1S/C17H22N4O2/c1-11(2)21-9-13(8-18-21)20-17(22)19-12(3)15-10-23-16-7-5-4-6-14(15)16/h4-9,11-12,15H,10H2,1-3H3,(H2,19,20,22). The molecule has 2 atom stereocenters. The van der Waals surface area contributed by atoms with E-state index in [1.54, 1.807) is 10.9 Å². The van der Waals surface area contributed by atoms with Crippen molar-refractivity contribution in [2.24, 2.45) is 0 Å². The highest BCUT2D eigenvalue weighted by molar-refractivity contribution is 5.89. The van der Waals surface area contributed by atoms with Crippen LogP contribution in [0.4, 0.5) is 10.5 Å². The highest BCUT2D eigenvalue weighted by atomic mass is 16.5. The van der Waals surface area contributed by atoms with Gasteiger partial charge in [0.25, 0.3) is 0 Å². The molecule has 0 radical (unpaired) electrons. The lowest BCUT2D eigenvalue weighted by atomic mass is 9.94. The number of urea groups is 1. The van der Waals surface area contributed by atoms with Crippen molar-refractivity contribution in [2.75, 3.05) is 11.9 Å². The Kier molecular flexibility index (Phi) is 4.23. The second kappa shape index (κ2) is 6.32. The summed E-state index contributed by atoms with van der Waals surface area (Å²) in [5.74, 6) is 1.07. The van der Waals surface area contributed by atoms with Crippen LogP contribution >= 0.6 is 0 Å². The number of fused-ring (bicyclic) bond motifs is 1. The number of benzene rings is 1. The summed E-state index contributed by atoms with van der Waals surface area (Å²) in [6.07, 6.45) is 3.47. The van der Waals surface area contributed by atoms with E-state index in [9.17, 15) is 4.79 Å². The quantitative estimate of drug-likeness (QED) is 0.911. The smallest absolute Gasteiger partial charge is 0.319 e. The molecule has 3 rings (SSSR count). The first-order valence-electron chi connectivity index (χ1n) is 7.88. The van der Waals surface area contributed by atoms with Gasteiger partial charge in [-0.05, 0) is 26.8 Å². The van der Waals surface area contributed by atoms with Gasteiger partial charge >= 0.3 is 6.03 Å². The third kappa shape index (κ3) is 3.31. The summed E-state index contributed by atoms with van der Waals surface area (Å²) in [6, 6.07) is 7.97. The Morgan fingerprint density at radius 3 is 2.87 bits per heavy atom. The molecular formula is C17H22N4O2. The Bertz CT molecular complexity index is 695. The van der Waals surface area contributed by atoms with Gasteiger partial charge in [0, 0.05) is 29.8 Å². The van der Waals surface area contributed by atoms with E-state index >= 15 is 0 Å². The largest absolute Gasteiger partial charge is 0.493 e. The number of nitrogens with one attached hydrogen (secondary N) is 2. The topological polar surface area (TPSA) is 68.2 Å². The van der Waals surface area contributed by atoms with Crippen LogP contribution in [0.25, 0.3) is 0 Å². The normalized spacial score (nSPS) is 17.5. The Labute approximate surface area is 135 Å². The van der Waals surface area contributed by atoms with Crippen LogP contribution in [0, 0.1) is 0 Å². The number of carbonyl (C=O) groups is 1. The third-order valence-corrected chi connectivity index (χ3v) is 4.09. The minimum atomic E-state index is -0.231. The fourth-order valence-electron chi connectivity index (χ4n) is 2.76. The van der Waals surface area contributed by atoms with Gasteiger partial charge < -0.3 is 15.4 Å². The zero-order valence-corrected chi connectivity index (χ0v) is 13.6. The fourth-order valence-corrected chi connectivity index (χ4v) is 2.76. The molecule has 122 valence electrons. The van der Waals surface area contributed by atoms with Crippen molar-refractivity contribution in [1.82, 2.24) is 15.1 Å². The molecule has 2 heterocycles. The molecule has 1 aromatic carbocycles. The highest BCUT2D eigenvalue weighted by Gasteiger charge is 2.29. The molecule has 23 heavy (non-hydrogen) atoms. The van der Waals surface area contributed by atoms with Crippen molar-refractivity contribution < 1.29 is 9.53 Å². The molecule has 6 heteroatoms. The van der Waals surface area contributed by atoms with Crippen molar-refractivity contribution in [1.29, 1.82) is 0 Å². The number of rotatable bonds is 4.